The first-order chi connectivity index (χ1) is 16.1. The molecule has 0 fully saturated rings. The molecule has 6 nitrogen and oxygen atoms in total. The molecule has 0 aliphatic heterocycles. The Kier molecular flexibility index (Phi) is 5.58. The second-order valence-corrected chi connectivity index (χ2v) is 9.13. The predicted molar refractivity (Wildman–Crippen MR) is 132 cm³/mol. The number of fused-ring (bicyclic) bond motifs is 3. The topological polar surface area (TPSA) is 76.6 Å². The van der Waals surface area contributed by atoms with Gasteiger partial charge in [-0.1, -0.05) is 35.6 Å². The lowest BCUT2D eigenvalue weighted by atomic mass is 10.1. The Morgan fingerprint density at radius 3 is 2.73 bits per heavy atom. The van der Waals surface area contributed by atoms with Gasteiger partial charge in [-0.3, -0.25) is 4.79 Å². The average molecular weight is 518 g/mol. The molecule has 0 radical (unpaired) electrons. The number of nitrogens with zero attached hydrogens (tertiary/aromatic N) is 3. The van der Waals surface area contributed by atoms with Gasteiger partial charge in [0.05, 0.1) is 38.8 Å². The van der Waals surface area contributed by atoms with Crippen molar-refractivity contribution in [2.45, 2.75) is 6.61 Å². The van der Waals surface area contributed by atoms with Crippen LogP contribution in [-0.4, -0.2) is 16.5 Å². The summed E-state index contributed by atoms with van der Waals surface area (Å²) in [6, 6.07) is 20.6. The lowest BCUT2D eigenvalue weighted by Gasteiger charge is -2.13. The Bertz CT molecular complexity index is 1650. The maximum Gasteiger partial charge on any atom is 0.274 e. The molecule has 0 N–H and O–H groups in total. The van der Waals surface area contributed by atoms with Crippen LogP contribution < -0.4 is 19.6 Å². The standard InChI is InChI=1S/C25H16BrN3O3S/c1-31-21-11-17(10-18(26)23(21)32-14-16-8-6-15(13-27)7-9-16)12-22-24(30)29-20-5-3-2-4-19(20)28-25(29)33-22/h2-12H,14H2,1H3/b22-12+. The van der Waals surface area contributed by atoms with E-state index < -0.39 is 0 Å². The van der Waals surface area contributed by atoms with E-state index in [9.17, 15) is 4.79 Å². The Hall–Kier alpha value is -3.67. The minimum atomic E-state index is -0.0973. The van der Waals surface area contributed by atoms with Gasteiger partial charge in [-0.2, -0.15) is 5.26 Å². The second-order valence-electron chi connectivity index (χ2n) is 7.27. The molecule has 3 aromatic carbocycles. The van der Waals surface area contributed by atoms with Crippen LogP contribution in [0.25, 0.3) is 22.1 Å². The van der Waals surface area contributed by atoms with Gasteiger partial charge >= 0.3 is 0 Å². The molecule has 0 saturated heterocycles. The number of imidazole rings is 1. The fraction of sp³-hybridized carbons (Fsp3) is 0.0800. The van der Waals surface area contributed by atoms with Crippen molar-refractivity contribution in [3.63, 3.8) is 0 Å². The van der Waals surface area contributed by atoms with Gasteiger partial charge in [0.15, 0.2) is 16.5 Å². The van der Waals surface area contributed by atoms with E-state index in [2.05, 4.69) is 27.0 Å². The van der Waals surface area contributed by atoms with Crippen LogP contribution in [0.3, 0.4) is 0 Å². The molecule has 2 heterocycles. The van der Waals surface area contributed by atoms with Gasteiger partial charge in [-0.15, -0.1) is 0 Å². The zero-order valence-electron chi connectivity index (χ0n) is 17.4. The van der Waals surface area contributed by atoms with Crippen LogP contribution in [0.2, 0.25) is 0 Å². The number of rotatable bonds is 5. The Morgan fingerprint density at radius 2 is 1.97 bits per heavy atom. The molecule has 8 heteroatoms. The van der Waals surface area contributed by atoms with Crippen LogP contribution in [0.5, 0.6) is 11.5 Å². The number of halogens is 1. The molecule has 0 bridgehead atoms. The van der Waals surface area contributed by atoms with Crippen molar-refractivity contribution in [2.24, 2.45) is 0 Å². The number of nitriles is 1. The Morgan fingerprint density at radius 1 is 1.18 bits per heavy atom. The molecule has 0 spiro atoms. The molecule has 5 aromatic rings. The van der Waals surface area contributed by atoms with Gasteiger partial charge < -0.3 is 9.47 Å². The summed E-state index contributed by atoms with van der Waals surface area (Å²) in [4.78, 5) is 18.3. The lowest BCUT2D eigenvalue weighted by Crippen LogP contribution is -2.22. The molecule has 0 unspecified atom stereocenters. The third-order valence-corrected chi connectivity index (χ3v) is 6.72. The molecule has 0 aliphatic rings. The highest BCUT2D eigenvalue weighted by molar-refractivity contribution is 9.10. The van der Waals surface area contributed by atoms with Gasteiger partial charge in [-0.05, 0) is 69.5 Å². The molecule has 33 heavy (non-hydrogen) atoms. The quantitative estimate of drug-likeness (QED) is 0.338. The summed E-state index contributed by atoms with van der Waals surface area (Å²) >= 11 is 4.92. The summed E-state index contributed by atoms with van der Waals surface area (Å²) in [5, 5.41) is 8.93. The van der Waals surface area contributed by atoms with Gasteiger partial charge in [0.1, 0.15) is 6.61 Å². The molecule has 0 saturated carbocycles. The van der Waals surface area contributed by atoms with Crippen LogP contribution in [0.15, 0.2) is 69.9 Å². The highest BCUT2D eigenvalue weighted by Crippen LogP contribution is 2.37. The molecule has 5 rings (SSSR count). The zero-order chi connectivity index (χ0) is 22.9. The van der Waals surface area contributed by atoms with E-state index in [4.69, 9.17) is 14.7 Å². The SMILES string of the molecule is COc1cc(/C=c2/sc3nc4ccccc4n3c2=O)cc(Br)c1OCc1ccc(C#N)cc1. The normalized spacial score (nSPS) is 11.7. The average Bonchev–Trinajstić information content (AvgIpc) is 3.34. The number of ether oxygens (including phenoxy) is 2. The number of hydrogen-bond acceptors (Lipinski definition) is 6. The van der Waals surface area contributed by atoms with E-state index in [1.165, 1.54) is 11.3 Å². The smallest absolute Gasteiger partial charge is 0.274 e. The van der Waals surface area contributed by atoms with Gasteiger partial charge in [-0.25, -0.2) is 9.38 Å². The third kappa shape index (κ3) is 3.97. The van der Waals surface area contributed by atoms with Crippen LogP contribution in [0.4, 0.5) is 0 Å². The van der Waals surface area contributed by atoms with Crippen molar-refractivity contribution in [1.82, 2.24) is 9.38 Å². The lowest BCUT2D eigenvalue weighted by molar-refractivity contribution is 0.282. The first kappa shape index (κ1) is 21.2. The van der Waals surface area contributed by atoms with E-state index in [-0.39, 0.29) is 5.56 Å². The van der Waals surface area contributed by atoms with Crippen molar-refractivity contribution in [1.29, 1.82) is 5.26 Å². The number of para-hydroxylation sites is 2. The molecule has 162 valence electrons. The number of hydrogen-bond donors (Lipinski definition) is 0. The highest BCUT2D eigenvalue weighted by Gasteiger charge is 2.14. The van der Waals surface area contributed by atoms with E-state index in [1.54, 1.807) is 23.6 Å². The van der Waals surface area contributed by atoms with Crippen LogP contribution in [-0.2, 0) is 6.61 Å². The van der Waals surface area contributed by atoms with Crippen molar-refractivity contribution in [3.05, 3.63) is 96.7 Å². The summed E-state index contributed by atoms with van der Waals surface area (Å²) in [6.45, 7) is 0.323. The minimum absolute atomic E-state index is 0.0973. The van der Waals surface area contributed by atoms with E-state index in [1.807, 2.05) is 54.6 Å². The molecule has 0 atom stereocenters. The van der Waals surface area contributed by atoms with Crippen LogP contribution in [0.1, 0.15) is 16.7 Å². The summed E-state index contributed by atoms with van der Waals surface area (Å²) < 4.78 is 14.5. The number of methoxy groups -OCH3 is 1. The second kappa shape index (κ2) is 8.70. The fourth-order valence-corrected chi connectivity index (χ4v) is 5.12. The van der Waals surface area contributed by atoms with Crippen LogP contribution >= 0.6 is 27.3 Å². The summed E-state index contributed by atoms with van der Waals surface area (Å²) in [7, 11) is 1.57. The third-order valence-electron chi connectivity index (χ3n) is 5.16. The molecular weight excluding hydrogens is 502 g/mol. The zero-order valence-corrected chi connectivity index (χ0v) is 19.8. The first-order valence-corrected chi connectivity index (χ1v) is 11.6. The van der Waals surface area contributed by atoms with Crippen molar-refractivity contribution < 1.29 is 9.47 Å². The molecule has 0 aliphatic carbocycles. The Labute approximate surface area is 201 Å². The maximum absolute atomic E-state index is 13.0. The summed E-state index contributed by atoms with van der Waals surface area (Å²) in [5.41, 5.74) is 3.85. The van der Waals surface area contributed by atoms with Gasteiger partial charge in [0.25, 0.3) is 5.56 Å². The van der Waals surface area contributed by atoms with Gasteiger partial charge in [0.2, 0.25) is 0 Å². The number of benzene rings is 3. The predicted octanol–water partition coefficient (Wildman–Crippen LogP) is 4.68. The van der Waals surface area contributed by atoms with Crippen LogP contribution in [0, 0.1) is 11.3 Å². The van der Waals surface area contributed by atoms with E-state index in [0.29, 0.717) is 37.6 Å². The van der Waals surface area contributed by atoms with Crippen molar-refractivity contribution >= 4 is 49.3 Å². The highest BCUT2D eigenvalue weighted by atomic mass is 79.9. The van der Waals surface area contributed by atoms with Gasteiger partial charge in [0, 0.05) is 0 Å². The van der Waals surface area contributed by atoms with Crippen molar-refractivity contribution in [2.75, 3.05) is 7.11 Å². The minimum Gasteiger partial charge on any atom is -0.493 e. The Balaban J connectivity index is 1.49. The largest absolute Gasteiger partial charge is 0.493 e. The summed E-state index contributed by atoms with van der Waals surface area (Å²) in [6.07, 6.45) is 1.83. The maximum atomic E-state index is 13.0. The summed E-state index contributed by atoms with van der Waals surface area (Å²) in [5.74, 6) is 1.11. The monoisotopic (exact) mass is 517 g/mol. The van der Waals surface area contributed by atoms with Crippen molar-refractivity contribution in [3.8, 4) is 17.6 Å². The number of aromatic nitrogens is 2. The van der Waals surface area contributed by atoms with E-state index in [0.717, 1.165) is 22.2 Å². The molecular formula is C25H16BrN3O3S. The number of thiazole rings is 1. The first-order valence-electron chi connectivity index (χ1n) is 9.98. The molecule has 2 aromatic heterocycles. The fourth-order valence-electron chi connectivity index (χ4n) is 3.56. The van der Waals surface area contributed by atoms with E-state index >= 15 is 0 Å². The molecule has 0 amide bonds.